The molecule has 198 valence electrons. The van der Waals surface area contributed by atoms with E-state index in [0.717, 1.165) is 49.5 Å². The second-order valence-corrected chi connectivity index (χ2v) is 12.7. The molecule has 4 rings (SSSR count). The Morgan fingerprint density at radius 3 is 2.54 bits per heavy atom. The van der Waals surface area contributed by atoms with Crippen molar-refractivity contribution in [3.8, 4) is 0 Å². The zero-order valence-corrected chi connectivity index (χ0v) is 23.1. The third kappa shape index (κ3) is 6.33. The summed E-state index contributed by atoms with van der Waals surface area (Å²) in [5.41, 5.74) is 1.30. The molecule has 0 aromatic heterocycles. The Labute approximate surface area is 215 Å². The second kappa shape index (κ2) is 12.1. The van der Waals surface area contributed by atoms with Crippen molar-refractivity contribution in [1.82, 2.24) is 5.32 Å². The van der Waals surface area contributed by atoms with Crippen LogP contribution in [0.3, 0.4) is 0 Å². The number of aliphatic hydroxyl groups is 1. The van der Waals surface area contributed by atoms with Crippen LogP contribution in [0.25, 0.3) is 0 Å². The summed E-state index contributed by atoms with van der Waals surface area (Å²) < 4.78 is 5.66. The van der Waals surface area contributed by atoms with Gasteiger partial charge in [0.05, 0.1) is 12.2 Å². The summed E-state index contributed by atoms with van der Waals surface area (Å²) in [4.78, 5) is 0. The maximum absolute atomic E-state index is 11.1. The lowest BCUT2D eigenvalue weighted by molar-refractivity contribution is -0.0906. The molecule has 35 heavy (non-hydrogen) atoms. The van der Waals surface area contributed by atoms with Gasteiger partial charge in [0, 0.05) is 19.2 Å². The largest absolute Gasteiger partial charge is 0.387 e. The van der Waals surface area contributed by atoms with Gasteiger partial charge >= 0.3 is 0 Å². The number of nitrogens with one attached hydrogen (secondary N) is 1. The first-order chi connectivity index (χ1) is 16.9. The number of rotatable bonds is 11. The number of fused-ring (bicyclic) bond motifs is 1. The van der Waals surface area contributed by atoms with Gasteiger partial charge in [-0.05, 0) is 105 Å². The summed E-state index contributed by atoms with van der Waals surface area (Å²) >= 11 is 0. The smallest absolute Gasteiger partial charge is 0.0883 e. The molecule has 0 bridgehead atoms. The lowest BCUT2D eigenvalue weighted by Gasteiger charge is -2.48. The van der Waals surface area contributed by atoms with Crippen LogP contribution in [-0.2, 0) is 11.3 Å². The van der Waals surface area contributed by atoms with Crippen molar-refractivity contribution in [2.75, 3.05) is 13.2 Å². The molecule has 0 heterocycles. The van der Waals surface area contributed by atoms with Gasteiger partial charge < -0.3 is 15.2 Å². The minimum Gasteiger partial charge on any atom is -0.387 e. The predicted octanol–water partition coefficient (Wildman–Crippen LogP) is 7.37. The van der Waals surface area contributed by atoms with Gasteiger partial charge in [0.15, 0.2) is 0 Å². The van der Waals surface area contributed by atoms with Crippen LogP contribution in [0, 0.1) is 35.0 Å². The first-order valence-electron chi connectivity index (χ1n) is 15.0. The van der Waals surface area contributed by atoms with Gasteiger partial charge in [-0.25, -0.2) is 0 Å². The Bertz CT molecular complexity index is 764. The highest BCUT2D eigenvalue weighted by Gasteiger charge is 2.52. The van der Waals surface area contributed by atoms with E-state index in [4.69, 9.17) is 4.74 Å². The molecule has 3 aliphatic rings. The Hall–Kier alpha value is -0.900. The molecule has 1 aromatic rings. The van der Waals surface area contributed by atoms with Crippen LogP contribution < -0.4 is 5.32 Å². The van der Waals surface area contributed by atoms with Gasteiger partial charge in [-0.3, -0.25) is 0 Å². The molecule has 3 aliphatic carbocycles. The topological polar surface area (TPSA) is 41.5 Å². The second-order valence-electron chi connectivity index (χ2n) is 12.7. The van der Waals surface area contributed by atoms with Crippen molar-refractivity contribution in [2.24, 2.45) is 35.0 Å². The molecule has 0 aliphatic heterocycles. The van der Waals surface area contributed by atoms with E-state index < -0.39 is 5.60 Å². The van der Waals surface area contributed by atoms with Crippen LogP contribution in [0.2, 0.25) is 0 Å². The molecule has 2 N–H and O–H groups in total. The third-order valence-corrected chi connectivity index (χ3v) is 10.7. The van der Waals surface area contributed by atoms with E-state index in [9.17, 15) is 5.11 Å². The molecule has 0 radical (unpaired) electrons. The Balaban J connectivity index is 1.35. The molecular formula is C32H53NO2. The summed E-state index contributed by atoms with van der Waals surface area (Å²) in [7, 11) is 0. The molecule has 0 saturated heterocycles. The quantitative estimate of drug-likeness (QED) is 0.345. The number of ether oxygens (including phenoxy) is 1. The Morgan fingerprint density at radius 2 is 1.80 bits per heavy atom. The van der Waals surface area contributed by atoms with Crippen LogP contribution in [0.1, 0.15) is 104 Å². The van der Waals surface area contributed by atoms with Crippen LogP contribution in [-0.4, -0.2) is 30.0 Å². The molecule has 0 unspecified atom stereocenters. The van der Waals surface area contributed by atoms with Gasteiger partial charge in [0.25, 0.3) is 0 Å². The molecule has 0 spiro atoms. The SMILES string of the molecule is CCOC[C@@]1(O)CC[C@H](C)[C@H](CC[C@@H]2CCC[C@]3(C)[C@@H]([C@H](CC)NCc4ccccc4)CC[C@@H]23)C1. The van der Waals surface area contributed by atoms with E-state index in [1.54, 1.807) is 0 Å². The van der Waals surface area contributed by atoms with E-state index >= 15 is 0 Å². The molecule has 8 atom stereocenters. The summed E-state index contributed by atoms with van der Waals surface area (Å²) in [6.45, 7) is 11.7. The number of hydrogen-bond acceptors (Lipinski definition) is 3. The minimum atomic E-state index is -0.592. The summed E-state index contributed by atoms with van der Waals surface area (Å²) in [5.74, 6) is 3.94. The number of hydrogen-bond donors (Lipinski definition) is 2. The fraction of sp³-hybridized carbons (Fsp3) is 0.812. The van der Waals surface area contributed by atoms with Gasteiger partial charge in [-0.15, -0.1) is 0 Å². The summed E-state index contributed by atoms with van der Waals surface area (Å²) in [6.07, 6.45) is 13.9. The van der Waals surface area contributed by atoms with Crippen molar-refractivity contribution in [3.05, 3.63) is 35.9 Å². The van der Waals surface area contributed by atoms with Crippen molar-refractivity contribution in [1.29, 1.82) is 0 Å². The predicted molar refractivity (Wildman–Crippen MR) is 146 cm³/mol. The fourth-order valence-electron chi connectivity index (χ4n) is 8.57. The van der Waals surface area contributed by atoms with E-state index in [1.807, 2.05) is 6.92 Å². The molecule has 3 saturated carbocycles. The van der Waals surface area contributed by atoms with Gasteiger partial charge in [0.1, 0.15) is 0 Å². The average Bonchev–Trinajstić information content (AvgIpc) is 3.22. The van der Waals surface area contributed by atoms with Crippen molar-refractivity contribution in [2.45, 2.75) is 117 Å². The lowest BCUT2D eigenvalue weighted by Crippen LogP contribution is -2.46. The third-order valence-electron chi connectivity index (χ3n) is 10.7. The van der Waals surface area contributed by atoms with Gasteiger partial charge in [-0.2, -0.15) is 0 Å². The van der Waals surface area contributed by atoms with Crippen molar-refractivity contribution >= 4 is 0 Å². The molecule has 3 nitrogen and oxygen atoms in total. The highest BCUT2D eigenvalue weighted by molar-refractivity contribution is 5.14. The maximum atomic E-state index is 11.1. The van der Waals surface area contributed by atoms with Crippen molar-refractivity contribution < 1.29 is 9.84 Å². The zero-order chi connectivity index (χ0) is 24.9. The van der Waals surface area contributed by atoms with Crippen LogP contribution in [0.15, 0.2) is 30.3 Å². The van der Waals surface area contributed by atoms with Gasteiger partial charge in [-0.1, -0.05) is 63.9 Å². The molecule has 1 aromatic carbocycles. The average molecular weight is 484 g/mol. The first kappa shape index (κ1) is 27.1. The molecule has 3 heteroatoms. The van der Waals surface area contributed by atoms with E-state index in [0.29, 0.717) is 30.6 Å². The maximum Gasteiger partial charge on any atom is 0.0883 e. The van der Waals surface area contributed by atoms with Crippen molar-refractivity contribution in [3.63, 3.8) is 0 Å². The zero-order valence-electron chi connectivity index (χ0n) is 23.1. The normalized spacial score (nSPS) is 38.3. The standard InChI is InChI=1S/C32H53NO2/c1-5-30(33-22-25-11-8-7-9-12-25)29-17-16-28-26(13-10-19-31(28,29)4)14-15-27-21-32(34,23-35-6-2)20-18-24(27)3/h7-9,11-12,24,26-30,33-34H,5-6,10,13-23H2,1-4H3/t24-,26-,27+,28-,29+,30-,31-,32+/m0/s1. The summed E-state index contributed by atoms with van der Waals surface area (Å²) in [6, 6.07) is 11.5. The minimum absolute atomic E-state index is 0.487. The number of benzene rings is 1. The fourth-order valence-corrected chi connectivity index (χ4v) is 8.57. The van der Waals surface area contributed by atoms with E-state index in [1.165, 1.54) is 56.9 Å². The molecule has 3 fully saturated rings. The summed E-state index contributed by atoms with van der Waals surface area (Å²) in [5, 5.41) is 15.1. The van der Waals surface area contributed by atoms with Gasteiger partial charge in [0.2, 0.25) is 0 Å². The van der Waals surface area contributed by atoms with E-state index in [2.05, 4.69) is 56.4 Å². The van der Waals surface area contributed by atoms with E-state index in [-0.39, 0.29) is 0 Å². The Morgan fingerprint density at radius 1 is 1.03 bits per heavy atom. The monoisotopic (exact) mass is 483 g/mol. The molecular weight excluding hydrogens is 430 g/mol. The van der Waals surface area contributed by atoms with Crippen LogP contribution in [0.4, 0.5) is 0 Å². The van der Waals surface area contributed by atoms with Crippen LogP contribution in [0.5, 0.6) is 0 Å². The first-order valence-corrected chi connectivity index (χ1v) is 15.0. The lowest BCUT2D eigenvalue weighted by atomic mass is 9.58. The Kier molecular flexibility index (Phi) is 9.38. The molecule has 0 amide bonds. The highest BCUT2D eigenvalue weighted by atomic mass is 16.5. The van der Waals surface area contributed by atoms with Crippen LogP contribution >= 0.6 is 0 Å². The highest BCUT2D eigenvalue weighted by Crippen LogP contribution is 2.60.